The highest BCUT2D eigenvalue weighted by molar-refractivity contribution is 6.01. The fourth-order valence-corrected chi connectivity index (χ4v) is 4.80. The molecule has 4 atom stereocenters. The van der Waals surface area contributed by atoms with Crippen molar-refractivity contribution < 1.29 is 24.0 Å². The van der Waals surface area contributed by atoms with E-state index in [9.17, 15) is 24.0 Å². The van der Waals surface area contributed by atoms with Crippen LogP contribution in [0.25, 0.3) is 0 Å². The number of rotatable bonds is 2. The van der Waals surface area contributed by atoms with Gasteiger partial charge in [0.05, 0.1) is 19.6 Å². The standard InChI is InChI=1S/C10H15N3O3.C8H12N2O2/c1-6-3-8(15)12(2)10(6)5-13(9(10)16)4-7(11)14;1-5-3-6(11)10(2)8(5)4-9-7(8)12/h6H,3-5H2,1-2H3,(H2,11,14);5H,3-4H2,1-2H3,(H,9,12). The quantitative estimate of drug-likeness (QED) is 0.519. The largest absolute Gasteiger partial charge is 0.368 e. The van der Waals surface area contributed by atoms with Gasteiger partial charge in [0, 0.05) is 26.9 Å². The van der Waals surface area contributed by atoms with Gasteiger partial charge in [-0.05, 0) is 11.8 Å². The molecule has 10 nitrogen and oxygen atoms in total. The molecule has 3 N–H and O–H groups in total. The van der Waals surface area contributed by atoms with Gasteiger partial charge in [-0.1, -0.05) is 13.8 Å². The van der Waals surface area contributed by atoms with Gasteiger partial charge in [-0.2, -0.15) is 0 Å². The average molecular weight is 393 g/mol. The summed E-state index contributed by atoms with van der Waals surface area (Å²) < 4.78 is 0. The van der Waals surface area contributed by atoms with Gasteiger partial charge in [-0.15, -0.1) is 0 Å². The molecule has 0 aromatic carbocycles. The summed E-state index contributed by atoms with van der Waals surface area (Å²) in [5.41, 5.74) is 3.82. The van der Waals surface area contributed by atoms with Crippen molar-refractivity contribution in [2.24, 2.45) is 17.6 Å². The number of carbonyl (C=O) groups is 5. The Morgan fingerprint density at radius 2 is 1.54 bits per heavy atom. The Balaban J connectivity index is 0.000000167. The predicted octanol–water partition coefficient (Wildman–Crippen LogP) is -2.10. The number of amides is 5. The van der Waals surface area contributed by atoms with E-state index in [2.05, 4.69) is 5.32 Å². The van der Waals surface area contributed by atoms with Gasteiger partial charge >= 0.3 is 0 Å². The Kier molecular flexibility index (Phi) is 4.63. The van der Waals surface area contributed by atoms with Gasteiger partial charge in [0.25, 0.3) is 5.91 Å². The van der Waals surface area contributed by atoms with Crippen LogP contribution in [0.3, 0.4) is 0 Å². The van der Waals surface area contributed by atoms with Crippen LogP contribution in [0.2, 0.25) is 0 Å². The Hall–Kier alpha value is -2.65. The molecule has 4 fully saturated rings. The number of primary amides is 1. The van der Waals surface area contributed by atoms with Gasteiger partial charge in [0.1, 0.15) is 11.1 Å². The first-order chi connectivity index (χ1) is 13.0. The number of β-lactam (4-membered cyclic amide) rings is 2. The van der Waals surface area contributed by atoms with Crippen LogP contribution in [0.4, 0.5) is 0 Å². The topological polar surface area (TPSA) is 133 Å². The molecular weight excluding hydrogens is 366 g/mol. The molecule has 10 heteroatoms. The molecule has 2 spiro atoms. The minimum absolute atomic E-state index is 0.00151. The van der Waals surface area contributed by atoms with Crippen LogP contribution in [-0.4, -0.2) is 89.0 Å². The fraction of sp³-hybridized carbons (Fsp3) is 0.722. The van der Waals surface area contributed by atoms with Gasteiger partial charge in [0.2, 0.25) is 23.6 Å². The van der Waals surface area contributed by atoms with Crippen LogP contribution in [0.15, 0.2) is 0 Å². The summed E-state index contributed by atoms with van der Waals surface area (Å²) in [6, 6.07) is 0. The fourth-order valence-electron chi connectivity index (χ4n) is 4.80. The Morgan fingerprint density at radius 1 is 1.04 bits per heavy atom. The number of nitrogens with one attached hydrogen (secondary N) is 1. The first kappa shape index (κ1) is 20.1. The first-order valence-electron chi connectivity index (χ1n) is 9.37. The lowest BCUT2D eigenvalue weighted by atomic mass is 9.78. The van der Waals surface area contributed by atoms with Crippen LogP contribution in [0.1, 0.15) is 26.7 Å². The van der Waals surface area contributed by atoms with Crippen molar-refractivity contribution in [1.82, 2.24) is 20.0 Å². The molecule has 4 aliphatic rings. The minimum atomic E-state index is -0.716. The van der Waals surface area contributed by atoms with Crippen molar-refractivity contribution in [3.8, 4) is 0 Å². The third-order valence-electron chi connectivity index (χ3n) is 6.89. The molecule has 4 unspecified atom stereocenters. The van der Waals surface area contributed by atoms with Crippen molar-refractivity contribution in [2.75, 3.05) is 33.7 Å². The van der Waals surface area contributed by atoms with Gasteiger partial charge in [0.15, 0.2) is 0 Å². The summed E-state index contributed by atoms with van der Waals surface area (Å²) in [6.45, 7) is 4.82. The van der Waals surface area contributed by atoms with E-state index in [0.717, 1.165) is 0 Å². The summed E-state index contributed by atoms with van der Waals surface area (Å²) >= 11 is 0. The molecule has 4 heterocycles. The number of hydrogen-bond donors (Lipinski definition) is 2. The SMILES string of the molecule is CC1CC(=O)N(C)C12CN(CC(N)=O)C2=O.CC1CC(=O)N(C)C12CNC2=O. The number of hydrogen-bond acceptors (Lipinski definition) is 5. The summed E-state index contributed by atoms with van der Waals surface area (Å²) in [4.78, 5) is 61.4. The van der Waals surface area contributed by atoms with Crippen molar-refractivity contribution in [3.63, 3.8) is 0 Å². The Bertz CT molecular complexity index is 769. The van der Waals surface area contributed by atoms with E-state index >= 15 is 0 Å². The predicted molar refractivity (Wildman–Crippen MR) is 97.3 cm³/mol. The molecule has 0 bridgehead atoms. The molecule has 154 valence electrons. The third-order valence-corrected chi connectivity index (χ3v) is 6.89. The molecule has 4 saturated heterocycles. The highest BCUT2D eigenvalue weighted by atomic mass is 16.2. The van der Waals surface area contributed by atoms with Crippen LogP contribution in [0, 0.1) is 11.8 Å². The van der Waals surface area contributed by atoms with Crippen molar-refractivity contribution in [3.05, 3.63) is 0 Å². The zero-order chi connectivity index (χ0) is 21.0. The van der Waals surface area contributed by atoms with E-state index in [1.807, 2.05) is 13.8 Å². The van der Waals surface area contributed by atoms with Crippen molar-refractivity contribution in [1.29, 1.82) is 0 Å². The lowest BCUT2D eigenvalue weighted by molar-refractivity contribution is -0.167. The van der Waals surface area contributed by atoms with E-state index in [1.165, 1.54) is 9.80 Å². The van der Waals surface area contributed by atoms with E-state index < -0.39 is 17.0 Å². The Labute approximate surface area is 163 Å². The van der Waals surface area contributed by atoms with Crippen molar-refractivity contribution >= 4 is 29.5 Å². The van der Waals surface area contributed by atoms with E-state index in [4.69, 9.17) is 5.73 Å². The third kappa shape index (κ3) is 2.50. The summed E-state index contributed by atoms with van der Waals surface area (Å²) in [6.07, 6.45) is 0.899. The van der Waals surface area contributed by atoms with Crippen molar-refractivity contribution in [2.45, 2.75) is 37.8 Å². The zero-order valence-electron chi connectivity index (χ0n) is 16.7. The summed E-state index contributed by atoms with van der Waals surface area (Å²) in [5, 5.41) is 2.69. The average Bonchev–Trinajstić information content (AvgIpc) is 2.99. The maximum Gasteiger partial charge on any atom is 0.251 e. The van der Waals surface area contributed by atoms with E-state index in [0.29, 0.717) is 25.9 Å². The molecule has 0 aromatic rings. The maximum atomic E-state index is 12.0. The number of likely N-dealkylation sites (tertiary alicyclic amines) is 3. The summed E-state index contributed by atoms with van der Waals surface area (Å²) in [7, 11) is 3.36. The van der Waals surface area contributed by atoms with Gasteiger partial charge < -0.3 is 25.8 Å². The Morgan fingerprint density at radius 3 is 1.79 bits per heavy atom. The van der Waals surface area contributed by atoms with Crippen LogP contribution in [-0.2, 0) is 24.0 Å². The lowest BCUT2D eigenvalue weighted by Crippen LogP contribution is -2.74. The molecule has 0 aromatic heterocycles. The van der Waals surface area contributed by atoms with E-state index in [-0.39, 0.29) is 42.0 Å². The van der Waals surface area contributed by atoms with Gasteiger partial charge in [-0.25, -0.2) is 0 Å². The highest BCUT2D eigenvalue weighted by Gasteiger charge is 2.63. The highest BCUT2D eigenvalue weighted by Crippen LogP contribution is 2.42. The number of nitrogens with two attached hydrogens (primary N) is 1. The van der Waals surface area contributed by atoms with Crippen LogP contribution >= 0.6 is 0 Å². The van der Waals surface area contributed by atoms with Crippen LogP contribution < -0.4 is 11.1 Å². The second-order valence-corrected chi connectivity index (χ2v) is 8.27. The minimum Gasteiger partial charge on any atom is -0.368 e. The van der Waals surface area contributed by atoms with E-state index in [1.54, 1.807) is 19.0 Å². The molecule has 5 amide bonds. The molecule has 28 heavy (non-hydrogen) atoms. The molecule has 0 radical (unpaired) electrons. The molecule has 4 rings (SSSR count). The summed E-state index contributed by atoms with van der Waals surface area (Å²) in [5.74, 6) is -0.458. The normalized spacial score (nSPS) is 36.4. The zero-order valence-corrected chi connectivity index (χ0v) is 16.7. The maximum absolute atomic E-state index is 12.0. The number of nitrogens with zero attached hydrogens (tertiary/aromatic N) is 3. The molecule has 4 aliphatic heterocycles. The lowest BCUT2D eigenvalue weighted by Gasteiger charge is -2.51. The monoisotopic (exact) mass is 393 g/mol. The number of likely N-dealkylation sites (N-methyl/N-ethyl adjacent to an activating group) is 2. The molecule has 0 saturated carbocycles. The van der Waals surface area contributed by atoms with Gasteiger partial charge in [-0.3, -0.25) is 24.0 Å². The molecular formula is C18H27N5O5. The second-order valence-electron chi connectivity index (χ2n) is 8.27. The number of carbonyl (C=O) groups excluding carboxylic acids is 5. The second kappa shape index (κ2) is 6.46. The first-order valence-corrected chi connectivity index (χ1v) is 9.37. The smallest absolute Gasteiger partial charge is 0.251 e. The van der Waals surface area contributed by atoms with Crippen LogP contribution in [0.5, 0.6) is 0 Å². The molecule has 0 aliphatic carbocycles.